The van der Waals surface area contributed by atoms with Crippen LogP contribution in [0.3, 0.4) is 0 Å². The number of hydrogen-bond donors (Lipinski definition) is 1. The SMILES string of the molecule is CN(C)CCCN1c2ccccc2Sc2ccc(Cl)cc21.COc1c(C(=O)O)ccc2c1CCC(C)(C)O2. The van der Waals surface area contributed by atoms with E-state index >= 15 is 0 Å². The number of methoxy groups -OCH3 is 1. The van der Waals surface area contributed by atoms with E-state index in [-0.39, 0.29) is 11.2 Å². The average molecular weight is 555 g/mol. The Morgan fingerprint density at radius 2 is 1.87 bits per heavy atom. The fourth-order valence-corrected chi connectivity index (χ4v) is 5.95. The van der Waals surface area contributed by atoms with Crippen LogP contribution in [0.25, 0.3) is 0 Å². The molecule has 0 radical (unpaired) electrons. The summed E-state index contributed by atoms with van der Waals surface area (Å²) in [6.45, 7) is 6.13. The van der Waals surface area contributed by atoms with Gasteiger partial charge >= 0.3 is 5.97 Å². The van der Waals surface area contributed by atoms with Crippen LogP contribution in [0.15, 0.2) is 64.4 Å². The van der Waals surface area contributed by atoms with Crippen molar-refractivity contribution in [2.75, 3.05) is 39.2 Å². The average Bonchev–Trinajstić information content (AvgIpc) is 2.87. The highest BCUT2D eigenvalue weighted by atomic mass is 35.5. The van der Waals surface area contributed by atoms with Crippen molar-refractivity contribution in [1.29, 1.82) is 0 Å². The Kier molecular flexibility index (Phi) is 8.81. The molecule has 0 saturated carbocycles. The molecule has 2 heterocycles. The molecule has 38 heavy (non-hydrogen) atoms. The third-order valence-corrected chi connectivity index (χ3v) is 7.96. The maximum absolute atomic E-state index is 11.1. The summed E-state index contributed by atoms with van der Waals surface area (Å²) < 4.78 is 11.0. The number of fused-ring (bicyclic) bond motifs is 3. The molecule has 0 bridgehead atoms. The molecule has 202 valence electrons. The highest BCUT2D eigenvalue weighted by molar-refractivity contribution is 7.99. The number of rotatable bonds is 6. The highest BCUT2D eigenvalue weighted by Gasteiger charge is 2.30. The van der Waals surface area contributed by atoms with Crippen LogP contribution in [-0.4, -0.2) is 55.9 Å². The zero-order valence-corrected chi connectivity index (χ0v) is 24.2. The van der Waals surface area contributed by atoms with E-state index in [0.717, 1.165) is 48.7 Å². The number of ether oxygens (including phenoxy) is 2. The Labute approximate surface area is 234 Å². The standard InChI is InChI=1S/C17H19ClN2S.C13H16O4/c1-19(2)10-5-11-20-14-6-3-4-7-16(14)21-17-9-8-13(18)12-15(17)20;1-13(2)7-6-8-10(17-13)5-4-9(12(14)15)11(8)16-3/h3-4,6-9,12H,5,10-11H2,1-2H3;4-5H,6-7H2,1-3H3,(H,14,15). The molecule has 8 heteroatoms. The third-order valence-electron chi connectivity index (χ3n) is 6.59. The van der Waals surface area contributed by atoms with Gasteiger partial charge in [-0.25, -0.2) is 4.79 Å². The Balaban J connectivity index is 0.000000181. The normalized spacial score (nSPS) is 14.9. The highest BCUT2D eigenvalue weighted by Crippen LogP contribution is 2.48. The van der Waals surface area contributed by atoms with Crippen molar-refractivity contribution in [3.63, 3.8) is 0 Å². The number of aromatic carboxylic acids is 1. The van der Waals surface area contributed by atoms with Gasteiger partial charge in [0.05, 0.1) is 18.5 Å². The van der Waals surface area contributed by atoms with Crippen molar-refractivity contribution in [1.82, 2.24) is 4.90 Å². The van der Waals surface area contributed by atoms with Gasteiger partial charge in [0, 0.05) is 26.9 Å². The first-order valence-corrected chi connectivity index (χ1v) is 13.9. The van der Waals surface area contributed by atoms with Gasteiger partial charge in [0.1, 0.15) is 22.7 Å². The fraction of sp³-hybridized carbons (Fsp3) is 0.367. The number of halogens is 1. The first-order valence-electron chi connectivity index (χ1n) is 12.7. The molecular formula is C30H35ClN2O4S. The molecule has 0 aliphatic carbocycles. The quantitative estimate of drug-likeness (QED) is 0.341. The van der Waals surface area contributed by atoms with Crippen LogP contribution in [0.4, 0.5) is 11.4 Å². The summed E-state index contributed by atoms with van der Waals surface area (Å²) in [5.74, 6) is 0.170. The Morgan fingerprint density at radius 3 is 2.58 bits per heavy atom. The van der Waals surface area contributed by atoms with Gasteiger partial charge in [0.25, 0.3) is 0 Å². The summed E-state index contributed by atoms with van der Waals surface area (Å²) >= 11 is 8.03. The minimum Gasteiger partial charge on any atom is -0.495 e. The second kappa shape index (κ2) is 11.9. The molecular weight excluding hydrogens is 520 g/mol. The van der Waals surface area contributed by atoms with E-state index in [0.29, 0.717) is 5.75 Å². The van der Waals surface area contributed by atoms with E-state index in [9.17, 15) is 4.79 Å². The minimum atomic E-state index is -0.977. The van der Waals surface area contributed by atoms with Gasteiger partial charge in [-0.15, -0.1) is 0 Å². The summed E-state index contributed by atoms with van der Waals surface area (Å²) in [5, 5.41) is 9.88. The van der Waals surface area contributed by atoms with Crippen LogP contribution < -0.4 is 14.4 Å². The van der Waals surface area contributed by atoms with Gasteiger partial charge in [-0.2, -0.15) is 0 Å². The molecule has 6 nitrogen and oxygen atoms in total. The maximum Gasteiger partial charge on any atom is 0.339 e. The van der Waals surface area contributed by atoms with Crippen molar-refractivity contribution in [2.24, 2.45) is 0 Å². The number of carbonyl (C=O) groups is 1. The van der Waals surface area contributed by atoms with Gasteiger partial charge in [-0.3, -0.25) is 0 Å². The van der Waals surface area contributed by atoms with E-state index in [1.807, 2.05) is 31.7 Å². The Hall–Kier alpha value is -2.87. The van der Waals surface area contributed by atoms with Crippen molar-refractivity contribution < 1.29 is 19.4 Å². The lowest BCUT2D eigenvalue weighted by molar-refractivity contribution is 0.0690. The number of benzene rings is 3. The van der Waals surface area contributed by atoms with Crippen LogP contribution in [0.2, 0.25) is 5.02 Å². The van der Waals surface area contributed by atoms with Gasteiger partial charge in [-0.05, 0) is 96.2 Å². The molecule has 1 N–H and O–H groups in total. The summed E-state index contributed by atoms with van der Waals surface area (Å²) in [5.41, 5.74) is 3.35. The van der Waals surface area contributed by atoms with E-state index in [4.69, 9.17) is 26.2 Å². The molecule has 0 fully saturated rings. The molecule has 0 atom stereocenters. The molecule has 3 aromatic carbocycles. The van der Waals surface area contributed by atoms with Crippen molar-refractivity contribution in [2.45, 2.75) is 48.5 Å². The van der Waals surface area contributed by atoms with Crippen LogP contribution >= 0.6 is 23.4 Å². The second-order valence-electron chi connectivity index (χ2n) is 10.3. The third kappa shape index (κ3) is 6.40. The Bertz CT molecular complexity index is 1310. The Morgan fingerprint density at radius 1 is 1.13 bits per heavy atom. The van der Waals surface area contributed by atoms with Crippen molar-refractivity contribution in [3.8, 4) is 11.5 Å². The molecule has 0 saturated heterocycles. The lowest BCUT2D eigenvalue weighted by Gasteiger charge is -2.33. The fourth-order valence-electron chi connectivity index (χ4n) is 4.71. The predicted octanol–water partition coefficient (Wildman–Crippen LogP) is 7.39. The summed E-state index contributed by atoms with van der Waals surface area (Å²) in [7, 11) is 5.72. The van der Waals surface area contributed by atoms with Gasteiger partial charge in [-0.1, -0.05) is 35.5 Å². The van der Waals surface area contributed by atoms with E-state index in [2.05, 4.69) is 60.3 Å². The number of para-hydroxylation sites is 1. The smallest absolute Gasteiger partial charge is 0.339 e. The van der Waals surface area contributed by atoms with Gasteiger partial charge < -0.3 is 24.4 Å². The lowest BCUT2D eigenvalue weighted by Crippen LogP contribution is -2.32. The zero-order valence-electron chi connectivity index (χ0n) is 22.6. The number of carboxylic acid groups (broad SMARTS) is 1. The summed E-state index contributed by atoms with van der Waals surface area (Å²) in [6.07, 6.45) is 2.74. The first-order chi connectivity index (χ1) is 18.1. The number of nitrogens with zero attached hydrogens (tertiary/aromatic N) is 2. The van der Waals surface area contributed by atoms with E-state index in [1.54, 1.807) is 6.07 Å². The predicted molar refractivity (Wildman–Crippen MR) is 155 cm³/mol. The number of hydrogen-bond acceptors (Lipinski definition) is 6. The van der Waals surface area contributed by atoms with E-state index < -0.39 is 5.97 Å². The monoisotopic (exact) mass is 554 g/mol. The lowest BCUT2D eigenvalue weighted by atomic mass is 9.92. The molecule has 3 aromatic rings. The minimum absolute atomic E-state index is 0.189. The van der Waals surface area contributed by atoms with Crippen LogP contribution in [-0.2, 0) is 6.42 Å². The van der Waals surface area contributed by atoms with Gasteiger partial charge in [0.15, 0.2) is 0 Å². The van der Waals surface area contributed by atoms with Crippen molar-refractivity contribution >= 4 is 40.7 Å². The molecule has 0 aromatic heterocycles. The van der Waals surface area contributed by atoms with E-state index in [1.165, 1.54) is 34.3 Å². The van der Waals surface area contributed by atoms with Crippen LogP contribution in [0, 0.1) is 0 Å². The molecule has 2 aliphatic heterocycles. The summed E-state index contributed by atoms with van der Waals surface area (Å²) in [6, 6.07) is 18.0. The van der Waals surface area contributed by atoms with Gasteiger partial charge in [0.2, 0.25) is 0 Å². The largest absolute Gasteiger partial charge is 0.495 e. The molecule has 0 spiro atoms. The maximum atomic E-state index is 11.1. The molecule has 0 unspecified atom stereocenters. The number of carboxylic acids is 1. The molecule has 2 aliphatic rings. The molecule has 5 rings (SSSR count). The first kappa shape index (κ1) is 28.1. The van der Waals surface area contributed by atoms with Crippen LogP contribution in [0.5, 0.6) is 11.5 Å². The van der Waals surface area contributed by atoms with Crippen molar-refractivity contribution in [3.05, 3.63) is 70.7 Å². The second-order valence-corrected chi connectivity index (χ2v) is 11.8. The topological polar surface area (TPSA) is 62.2 Å². The zero-order chi connectivity index (χ0) is 27.4. The summed E-state index contributed by atoms with van der Waals surface area (Å²) in [4.78, 5) is 18.3. The number of anilines is 2. The molecule has 0 amide bonds. The van der Waals surface area contributed by atoms with Crippen LogP contribution in [0.1, 0.15) is 42.6 Å².